The highest BCUT2D eigenvalue weighted by molar-refractivity contribution is 7.22. The lowest BCUT2D eigenvalue weighted by molar-refractivity contribution is -0.120. The zero-order valence-electron chi connectivity index (χ0n) is 19.8. The molecule has 4 aromatic rings. The normalized spacial score (nSPS) is 14.3. The molecule has 0 bridgehead atoms. The fraction of sp³-hybridized carbons (Fsp3) is 0.333. The van der Waals surface area contributed by atoms with E-state index in [-0.39, 0.29) is 12.5 Å². The van der Waals surface area contributed by atoms with Gasteiger partial charge in [-0.05, 0) is 41.5 Å². The van der Waals surface area contributed by atoms with E-state index in [2.05, 4.69) is 11.0 Å². The minimum absolute atomic E-state index is 0.0465. The molecule has 7 nitrogen and oxygen atoms in total. The summed E-state index contributed by atoms with van der Waals surface area (Å²) in [6, 6.07) is 19.8. The van der Waals surface area contributed by atoms with E-state index in [1.165, 1.54) is 11.3 Å². The van der Waals surface area contributed by atoms with Crippen molar-refractivity contribution in [3.63, 3.8) is 0 Å². The van der Waals surface area contributed by atoms with Gasteiger partial charge in [-0.15, -0.1) is 0 Å². The van der Waals surface area contributed by atoms with Gasteiger partial charge in [-0.25, -0.2) is 4.98 Å². The first kappa shape index (κ1) is 23.5. The van der Waals surface area contributed by atoms with E-state index in [0.717, 1.165) is 66.0 Å². The molecule has 1 fully saturated rings. The monoisotopic (exact) mass is 491 g/mol. The first-order chi connectivity index (χ1) is 17.2. The standard InChI is InChI=1S/C27H29N3O4S/c1-32-22-9-10-25-24(18-22)28-27(35-25)30(12-4-11-29-13-15-33-16-14-29)26(31)19-34-23-8-7-20-5-2-3-6-21(20)17-23/h2-3,5-10,17-18H,4,11-16,19H2,1H3. The third kappa shape index (κ3) is 5.73. The van der Waals surface area contributed by atoms with E-state index in [1.54, 1.807) is 12.0 Å². The zero-order valence-corrected chi connectivity index (χ0v) is 20.6. The Hall–Kier alpha value is -3.20. The summed E-state index contributed by atoms with van der Waals surface area (Å²) >= 11 is 1.51. The average molecular weight is 492 g/mol. The molecule has 35 heavy (non-hydrogen) atoms. The highest BCUT2D eigenvalue weighted by Crippen LogP contribution is 2.31. The van der Waals surface area contributed by atoms with Crippen LogP contribution in [0.5, 0.6) is 11.5 Å². The quantitative estimate of drug-likeness (QED) is 0.341. The largest absolute Gasteiger partial charge is 0.497 e. The van der Waals surface area contributed by atoms with Gasteiger partial charge in [-0.2, -0.15) is 0 Å². The van der Waals surface area contributed by atoms with E-state index in [9.17, 15) is 4.79 Å². The lowest BCUT2D eigenvalue weighted by Gasteiger charge is -2.27. The van der Waals surface area contributed by atoms with Gasteiger partial charge in [0.25, 0.3) is 5.91 Å². The number of hydrogen-bond acceptors (Lipinski definition) is 7. The fourth-order valence-corrected chi connectivity index (χ4v) is 5.21. The second-order valence-corrected chi connectivity index (χ2v) is 9.49. The molecule has 1 amide bonds. The molecular formula is C27H29N3O4S. The van der Waals surface area contributed by atoms with Gasteiger partial charge in [0.15, 0.2) is 11.7 Å². The van der Waals surface area contributed by atoms with Crippen LogP contribution in [0.4, 0.5) is 5.13 Å². The topological polar surface area (TPSA) is 64.1 Å². The van der Waals surface area contributed by atoms with E-state index in [0.29, 0.717) is 17.4 Å². The van der Waals surface area contributed by atoms with Crippen LogP contribution in [0.1, 0.15) is 6.42 Å². The molecule has 1 aliphatic heterocycles. The first-order valence-corrected chi connectivity index (χ1v) is 12.7. The van der Waals surface area contributed by atoms with Crippen molar-refractivity contribution in [2.45, 2.75) is 6.42 Å². The van der Waals surface area contributed by atoms with Crippen LogP contribution in [0.2, 0.25) is 0 Å². The number of morpholine rings is 1. The molecule has 0 aliphatic carbocycles. The predicted molar refractivity (Wildman–Crippen MR) is 140 cm³/mol. The maximum atomic E-state index is 13.4. The molecule has 0 saturated carbocycles. The number of thiazole rings is 1. The molecule has 0 atom stereocenters. The highest BCUT2D eigenvalue weighted by atomic mass is 32.1. The predicted octanol–water partition coefficient (Wildman–Crippen LogP) is 4.59. The Morgan fingerprint density at radius 2 is 1.86 bits per heavy atom. The number of nitrogens with zero attached hydrogens (tertiary/aromatic N) is 3. The number of hydrogen-bond donors (Lipinski definition) is 0. The first-order valence-electron chi connectivity index (χ1n) is 11.9. The Kier molecular flexibility index (Phi) is 7.42. The molecular weight excluding hydrogens is 462 g/mol. The third-order valence-electron chi connectivity index (χ3n) is 6.16. The summed E-state index contributed by atoms with van der Waals surface area (Å²) in [5.74, 6) is 1.32. The lowest BCUT2D eigenvalue weighted by atomic mass is 10.1. The molecule has 182 valence electrons. The number of aromatic nitrogens is 1. The van der Waals surface area contributed by atoms with Crippen molar-refractivity contribution in [2.24, 2.45) is 0 Å². The summed E-state index contributed by atoms with van der Waals surface area (Å²) in [5.41, 5.74) is 0.825. The summed E-state index contributed by atoms with van der Waals surface area (Å²) in [6.45, 7) is 4.84. The molecule has 1 aromatic heterocycles. The van der Waals surface area contributed by atoms with Crippen LogP contribution in [-0.4, -0.2) is 68.9 Å². The van der Waals surface area contributed by atoms with Crippen molar-refractivity contribution >= 4 is 43.4 Å². The minimum Gasteiger partial charge on any atom is -0.497 e. The van der Waals surface area contributed by atoms with Gasteiger partial charge < -0.3 is 14.2 Å². The van der Waals surface area contributed by atoms with Gasteiger partial charge in [0.05, 0.1) is 30.5 Å². The number of fused-ring (bicyclic) bond motifs is 2. The molecule has 1 saturated heterocycles. The van der Waals surface area contributed by atoms with Crippen molar-refractivity contribution in [3.8, 4) is 11.5 Å². The van der Waals surface area contributed by atoms with Crippen molar-refractivity contribution in [3.05, 3.63) is 60.7 Å². The molecule has 3 aromatic carbocycles. The number of methoxy groups -OCH3 is 1. The van der Waals surface area contributed by atoms with Crippen LogP contribution in [0.15, 0.2) is 60.7 Å². The van der Waals surface area contributed by atoms with Gasteiger partial charge in [0, 0.05) is 32.2 Å². The summed E-state index contributed by atoms with van der Waals surface area (Å²) in [4.78, 5) is 22.3. The number of carbonyl (C=O) groups is 1. The van der Waals surface area contributed by atoms with Crippen LogP contribution in [-0.2, 0) is 9.53 Å². The average Bonchev–Trinajstić information content (AvgIpc) is 3.33. The molecule has 0 N–H and O–H groups in total. The van der Waals surface area contributed by atoms with Crippen molar-refractivity contribution < 1.29 is 19.0 Å². The third-order valence-corrected chi connectivity index (χ3v) is 7.22. The SMILES string of the molecule is COc1ccc2sc(N(CCCN3CCOCC3)C(=O)COc3ccc4ccccc4c3)nc2c1. The minimum atomic E-state index is -0.105. The summed E-state index contributed by atoms with van der Waals surface area (Å²) in [5, 5.41) is 2.91. The van der Waals surface area contributed by atoms with Gasteiger partial charge in [-0.3, -0.25) is 14.6 Å². The van der Waals surface area contributed by atoms with Crippen LogP contribution in [0, 0.1) is 0 Å². The molecule has 0 unspecified atom stereocenters. The Balaban J connectivity index is 1.31. The lowest BCUT2D eigenvalue weighted by Crippen LogP contribution is -2.40. The fourth-order valence-electron chi connectivity index (χ4n) is 4.22. The smallest absolute Gasteiger partial charge is 0.266 e. The maximum absolute atomic E-state index is 13.4. The van der Waals surface area contributed by atoms with Crippen molar-refractivity contribution in [1.82, 2.24) is 9.88 Å². The summed E-state index contributed by atoms with van der Waals surface area (Å²) in [7, 11) is 1.64. The number of carbonyl (C=O) groups excluding carboxylic acids is 1. The maximum Gasteiger partial charge on any atom is 0.266 e. The van der Waals surface area contributed by atoms with Crippen LogP contribution >= 0.6 is 11.3 Å². The number of amides is 1. The van der Waals surface area contributed by atoms with E-state index < -0.39 is 0 Å². The Morgan fingerprint density at radius 3 is 2.69 bits per heavy atom. The molecule has 2 heterocycles. The molecule has 0 radical (unpaired) electrons. The van der Waals surface area contributed by atoms with Gasteiger partial charge >= 0.3 is 0 Å². The Labute approximate surface area is 208 Å². The second-order valence-electron chi connectivity index (χ2n) is 8.48. The van der Waals surface area contributed by atoms with Crippen LogP contribution in [0.25, 0.3) is 21.0 Å². The zero-order chi connectivity index (χ0) is 24.0. The number of benzene rings is 3. The molecule has 0 spiro atoms. The highest BCUT2D eigenvalue weighted by Gasteiger charge is 2.21. The van der Waals surface area contributed by atoms with E-state index in [1.807, 2.05) is 54.6 Å². The van der Waals surface area contributed by atoms with E-state index >= 15 is 0 Å². The Morgan fingerprint density at radius 1 is 1.06 bits per heavy atom. The summed E-state index contributed by atoms with van der Waals surface area (Å²) < 4.78 is 17.7. The molecule has 8 heteroatoms. The number of rotatable bonds is 9. The van der Waals surface area contributed by atoms with Crippen molar-refractivity contribution in [2.75, 3.05) is 58.0 Å². The molecule has 5 rings (SSSR count). The van der Waals surface area contributed by atoms with Crippen molar-refractivity contribution in [1.29, 1.82) is 0 Å². The van der Waals surface area contributed by atoms with Crippen LogP contribution < -0.4 is 14.4 Å². The van der Waals surface area contributed by atoms with Gasteiger partial charge in [-0.1, -0.05) is 41.7 Å². The summed E-state index contributed by atoms with van der Waals surface area (Å²) in [6.07, 6.45) is 0.848. The van der Waals surface area contributed by atoms with E-state index in [4.69, 9.17) is 19.2 Å². The number of anilines is 1. The number of ether oxygens (including phenoxy) is 3. The second kappa shape index (κ2) is 11.0. The van der Waals surface area contributed by atoms with Gasteiger partial charge in [0.1, 0.15) is 11.5 Å². The molecule has 1 aliphatic rings. The Bertz CT molecular complexity index is 1300. The van der Waals surface area contributed by atoms with Gasteiger partial charge in [0.2, 0.25) is 0 Å². The van der Waals surface area contributed by atoms with Crippen LogP contribution in [0.3, 0.4) is 0 Å².